The minimum absolute atomic E-state index is 0.0450. The molecule has 0 saturated carbocycles. The summed E-state index contributed by atoms with van der Waals surface area (Å²) in [5.41, 5.74) is 5.99. The SMILES string of the molecule is Nc1nc2sccn2c1S(=O)(=O)Nc1ccccc1Cl. The number of thiazole rings is 1. The Bertz CT molecular complexity index is 885. The van der Waals surface area contributed by atoms with Crippen LogP contribution in [0.15, 0.2) is 40.9 Å². The van der Waals surface area contributed by atoms with Crippen LogP contribution in [0, 0.1) is 0 Å². The van der Waals surface area contributed by atoms with Crippen LogP contribution in [0.4, 0.5) is 11.5 Å². The van der Waals surface area contributed by atoms with Gasteiger partial charge in [-0.15, -0.1) is 11.3 Å². The van der Waals surface area contributed by atoms with E-state index >= 15 is 0 Å². The average Bonchev–Trinajstić information content (AvgIpc) is 2.91. The topological polar surface area (TPSA) is 89.5 Å². The zero-order chi connectivity index (χ0) is 14.3. The first-order chi connectivity index (χ1) is 9.49. The van der Waals surface area contributed by atoms with Crippen molar-refractivity contribution in [2.75, 3.05) is 10.5 Å². The van der Waals surface area contributed by atoms with E-state index in [4.69, 9.17) is 17.3 Å². The minimum Gasteiger partial charge on any atom is -0.381 e. The largest absolute Gasteiger partial charge is 0.381 e. The van der Waals surface area contributed by atoms with Crippen molar-refractivity contribution >= 4 is 49.4 Å². The quantitative estimate of drug-likeness (QED) is 0.772. The van der Waals surface area contributed by atoms with Gasteiger partial charge < -0.3 is 5.73 Å². The van der Waals surface area contributed by atoms with E-state index in [1.165, 1.54) is 15.7 Å². The van der Waals surface area contributed by atoms with Crippen LogP contribution in [-0.4, -0.2) is 17.8 Å². The second-order valence-corrected chi connectivity index (χ2v) is 6.82. The molecule has 0 fully saturated rings. The molecule has 0 aliphatic carbocycles. The number of fused-ring (bicyclic) bond motifs is 1. The first-order valence-corrected chi connectivity index (χ1v) is 8.21. The van der Waals surface area contributed by atoms with Crippen molar-refractivity contribution in [3.05, 3.63) is 40.9 Å². The summed E-state index contributed by atoms with van der Waals surface area (Å²) < 4.78 is 28.7. The highest BCUT2D eigenvalue weighted by Gasteiger charge is 2.25. The number of aromatic nitrogens is 2. The molecule has 2 aromatic heterocycles. The number of para-hydroxylation sites is 1. The number of nitrogens with zero attached hydrogens (tertiary/aromatic N) is 2. The van der Waals surface area contributed by atoms with Crippen molar-refractivity contribution in [1.29, 1.82) is 0 Å². The van der Waals surface area contributed by atoms with Gasteiger partial charge >= 0.3 is 0 Å². The summed E-state index contributed by atoms with van der Waals surface area (Å²) in [5, 5.41) is 1.95. The molecule has 0 aliphatic heterocycles. The molecule has 20 heavy (non-hydrogen) atoms. The summed E-state index contributed by atoms with van der Waals surface area (Å²) in [6.07, 6.45) is 1.60. The lowest BCUT2D eigenvalue weighted by Crippen LogP contribution is -2.16. The van der Waals surface area contributed by atoms with Gasteiger partial charge in [0.25, 0.3) is 10.0 Å². The minimum atomic E-state index is -3.87. The fourth-order valence-electron chi connectivity index (χ4n) is 1.79. The Labute approximate surface area is 123 Å². The third-order valence-corrected chi connectivity index (χ3v) is 5.11. The molecule has 0 spiro atoms. The zero-order valence-corrected chi connectivity index (χ0v) is 12.3. The van der Waals surface area contributed by atoms with Gasteiger partial charge in [0.15, 0.2) is 10.8 Å². The van der Waals surface area contributed by atoms with Crippen molar-refractivity contribution in [2.24, 2.45) is 0 Å². The molecule has 2 heterocycles. The van der Waals surface area contributed by atoms with Gasteiger partial charge in [0.05, 0.1) is 10.7 Å². The predicted molar refractivity (Wildman–Crippen MR) is 79.7 cm³/mol. The highest BCUT2D eigenvalue weighted by molar-refractivity contribution is 7.92. The Balaban J connectivity index is 2.11. The maximum atomic E-state index is 12.4. The van der Waals surface area contributed by atoms with Crippen LogP contribution in [-0.2, 0) is 10.0 Å². The molecule has 0 atom stereocenters. The first-order valence-electron chi connectivity index (χ1n) is 5.47. The molecule has 0 bridgehead atoms. The highest BCUT2D eigenvalue weighted by Crippen LogP contribution is 2.28. The highest BCUT2D eigenvalue weighted by atomic mass is 35.5. The average molecular weight is 329 g/mol. The number of halogens is 1. The molecule has 104 valence electrons. The van der Waals surface area contributed by atoms with E-state index in [0.717, 1.165) is 0 Å². The number of nitrogens with two attached hydrogens (primary N) is 1. The maximum absolute atomic E-state index is 12.4. The molecule has 0 unspecified atom stereocenters. The second kappa shape index (κ2) is 4.65. The van der Waals surface area contributed by atoms with E-state index in [0.29, 0.717) is 15.7 Å². The Morgan fingerprint density at radius 3 is 2.85 bits per heavy atom. The molecule has 0 radical (unpaired) electrons. The Morgan fingerprint density at radius 1 is 1.35 bits per heavy atom. The van der Waals surface area contributed by atoms with Crippen molar-refractivity contribution < 1.29 is 8.42 Å². The molecule has 0 saturated heterocycles. The fraction of sp³-hybridized carbons (Fsp3) is 0. The lowest BCUT2D eigenvalue weighted by atomic mass is 10.3. The van der Waals surface area contributed by atoms with Gasteiger partial charge in [-0.3, -0.25) is 9.12 Å². The van der Waals surface area contributed by atoms with Crippen LogP contribution in [0.3, 0.4) is 0 Å². The lowest BCUT2D eigenvalue weighted by molar-refractivity contribution is 0.597. The molecule has 9 heteroatoms. The van der Waals surface area contributed by atoms with Crippen LogP contribution in [0.2, 0.25) is 5.02 Å². The van der Waals surface area contributed by atoms with Gasteiger partial charge in [0, 0.05) is 11.6 Å². The number of hydrogen-bond donors (Lipinski definition) is 2. The number of imidazole rings is 1. The Hall–Kier alpha value is -1.77. The lowest BCUT2D eigenvalue weighted by Gasteiger charge is -2.09. The van der Waals surface area contributed by atoms with Crippen molar-refractivity contribution in [2.45, 2.75) is 5.03 Å². The Kier molecular flexibility index (Phi) is 3.08. The smallest absolute Gasteiger partial charge is 0.281 e. The number of nitrogen functional groups attached to an aromatic ring is 1. The van der Waals surface area contributed by atoms with E-state index in [2.05, 4.69) is 9.71 Å². The summed E-state index contributed by atoms with van der Waals surface area (Å²) in [6.45, 7) is 0. The van der Waals surface area contributed by atoms with E-state index in [1.807, 2.05) is 0 Å². The van der Waals surface area contributed by atoms with Crippen LogP contribution < -0.4 is 10.5 Å². The number of sulfonamides is 1. The monoisotopic (exact) mass is 328 g/mol. The number of benzene rings is 1. The molecule has 3 aromatic rings. The predicted octanol–water partition coefficient (Wildman–Crippen LogP) is 2.43. The molecule has 0 amide bonds. The molecule has 0 aliphatic rings. The molecule has 6 nitrogen and oxygen atoms in total. The molecular formula is C11H9ClN4O2S2. The molecule has 3 rings (SSSR count). The Morgan fingerprint density at radius 2 is 2.10 bits per heavy atom. The standard InChI is InChI=1S/C11H9ClN4O2S2/c12-7-3-1-2-4-8(7)15-20(17,18)10-9(13)14-11-16(10)5-6-19-11/h1-6,15H,13H2. The normalized spacial score (nSPS) is 11.8. The third kappa shape index (κ3) is 2.11. The van der Waals surface area contributed by atoms with Crippen molar-refractivity contribution in [3.8, 4) is 0 Å². The van der Waals surface area contributed by atoms with Crippen LogP contribution in [0.5, 0.6) is 0 Å². The second-order valence-electron chi connectivity index (χ2n) is 3.94. The summed E-state index contributed by atoms with van der Waals surface area (Å²) >= 11 is 7.25. The maximum Gasteiger partial charge on any atom is 0.281 e. The van der Waals surface area contributed by atoms with Gasteiger partial charge in [-0.25, -0.2) is 4.98 Å². The fourth-order valence-corrected chi connectivity index (χ4v) is 4.10. The van der Waals surface area contributed by atoms with E-state index < -0.39 is 10.0 Å². The molecule has 3 N–H and O–H groups in total. The van der Waals surface area contributed by atoms with Crippen LogP contribution in [0.25, 0.3) is 4.96 Å². The summed E-state index contributed by atoms with van der Waals surface area (Å²) in [5.74, 6) is -0.0450. The van der Waals surface area contributed by atoms with Gasteiger partial charge in [-0.1, -0.05) is 23.7 Å². The van der Waals surface area contributed by atoms with Crippen molar-refractivity contribution in [3.63, 3.8) is 0 Å². The molecule has 1 aromatic carbocycles. The van der Waals surface area contributed by atoms with Gasteiger partial charge in [0.2, 0.25) is 5.03 Å². The van der Waals surface area contributed by atoms with Crippen molar-refractivity contribution in [1.82, 2.24) is 9.38 Å². The van der Waals surface area contributed by atoms with Gasteiger partial charge in [0.1, 0.15) is 0 Å². The van der Waals surface area contributed by atoms with Crippen LogP contribution >= 0.6 is 22.9 Å². The third-order valence-electron chi connectivity index (χ3n) is 2.62. The summed E-state index contributed by atoms with van der Waals surface area (Å²) in [6, 6.07) is 6.56. The molecular weight excluding hydrogens is 320 g/mol. The zero-order valence-electron chi connectivity index (χ0n) is 9.95. The van der Waals surface area contributed by atoms with E-state index in [1.54, 1.807) is 35.8 Å². The van der Waals surface area contributed by atoms with Gasteiger partial charge in [-0.2, -0.15) is 8.42 Å². The van der Waals surface area contributed by atoms with Gasteiger partial charge in [-0.05, 0) is 12.1 Å². The van der Waals surface area contributed by atoms with Crippen LogP contribution in [0.1, 0.15) is 0 Å². The number of anilines is 2. The number of hydrogen-bond acceptors (Lipinski definition) is 5. The first kappa shape index (κ1) is 13.2. The number of nitrogens with one attached hydrogen (secondary N) is 1. The van der Waals surface area contributed by atoms with E-state index in [9.17, 15) is 8.42 Å². The number of rotatable bonds is 3. The van der Waals surface area contributed by atoms with E-state index in [-0.39, 0.29) is 10.8 Å². The summed E-state index contributed by atoms with van der Waals surface area (Å²) in [4.78, 5) is 4.53. The summed E-state index contributed by atoms with van der Waals surface area (Å²) in [7, 11) is -3.87.